The van der Waals surface area contributed by atoms with Gasteiger partial charge in [0.15, 0.2) is 0 Å². The van der Waals surface area contributed by atoms with Crippen molar-refractivity contribution in [3.05, 3.63) is 59.8 Å². The van der Waals surface area contributed by atoms with E-state index in [0.717, 1.165) is 36.9 Å². The molecule has 1 aromatic carbocycles. The number of rotatable bonds is 2. The van der Waals surface area contributed by atoms with Gasteiger partial charge in [-0.1, -0.05) is 24.3 Å². The monoisotopic (exact) mass is 281 g/mol. The van der Waals surface area contributed by atoms with E-state index in [1.165, 1.54) is 0 Å². The van der Waals surface area contributed by atoms with Gasteiger partial charge in [-0.2, -0.15) is 0 Å². The molecule has 0 radical (unpaired) electrons. The first-order chi connectivity index (χ1) is 10.3. The van der Waals surface area contributed by atoms with Crippen LogP contribution in [0.2, 0.25) is 0 Å². The Morgan fingerprint density at radius 2 is 1.95 bits per heavy atom. The maximum Gasteiger partial charge on any atom is 0.254 e. The topological polar surface area (TPSA) is 59.2 Å². The van der Waals surface area contributed by atoms with Gasteiger partial charge in [0.05, 0.1) is 6.04 Å². The number of anilines is 1. The maximum atomic E-state index is 12.8. The first-order valence-electron chi connectivity index (χ1n) is 7.34. The van der Waals surface area contributed by atoms with Gasteiger partial charge in [0.2, 0.25) is 0 Å². The van der Waals surface area contributed by atoms with Gasteiger partial charge in [-0.15, -0.1) is 0 Å². The average Bonchev–Trinajstić information content (AvgIpc) is 2.55. The quantitative estimate of drug-likeness (QED) is 0.920. The minimum atomic E-state index is 0.0279. The number of benzene rings is 1. The summed E-state index contributed by atoms with van der Waals surface area (Å²) in [5, 5.41) is 0. The Morgan fingerprint density at radius 1 is 1.14 bits per heavy atom. The summed E-state index contributed by atoms with van der Waals surface area (Å²) in [5.74, 6) is 0.596. The highest BCUT2D eigenvalue weighted by molar-refractivity contribution is 5.94. The fraction of sp³-hybridized carbons (Fsp3) is 0.294. The van der Waals surface area contributed by atoms with E-state index in [-0.39, 0.29) is 11.9 Å². The average molecular weight is 281 g/mol. The van der Waals surface area contributed by atoms with Crippen LogP contribution in [0.4, 0.5) is 5.82 Å². The molecule has 2 heterocycles. The van der Waals surface area contributed by atoms with Crippen LogP contribution in [0.3, 0.4) is 0 Å². The standard InChI is InChI=1S/C17H19N3O/c18-16-14(9-6-11-19-16)15-10-4-5-12-20(15)17(21)13-7-2-1-3-8-13/h1-3,6-9,11,15H,4-5,10,12H2,(H2,18,19). The molecule has 1 fully saturated rings. The highest BCUT2D eigenvalue weighted by atomic mass is 16.2. The number of nitrogen functional groups attached to an aromatic ring is 1. The third-order valence-corrected chi connectivity index (χ3v) is 4.01. The lowest BCUT2D eigenvalue weighted by molar-refractivity contribution is 0.0612. The molecule has 0 saturated carbocycles. The third kappa shape index (κ3) is 2.75. The predicted octanol–water partition coefficient (Wildman–Crippen LogP) is 3.03. The summed E-state index contributed by atoms with van der Waals surface area (Å²) in [5.41, 5.74) is 7.69. The molecule has 1 atom stereocenters. The van der Waals surface area contributed by atoms with Crippen molar-refractivity contribution in [2.75, 3.05) is 12.3 Å². The third-order valence-electron chi connectivity index (χ3n) is 4.01. The number of hydrogen-bond acceptors (Lipinski definition) is 3. The molecule has 108 valence electrons. The second-order valence-corrected chi connectivity index (χ2v) is 5.35. The van der Waals surface area contributed by atoms with E-state index >= 15 is 0 Å². The van der Waals surface area contributed by atoms with Gasteiger partial charge >= 0.3 is 0 Å². The van der Waals surface area contributed by atoms with Crippen LogP contribution in [0, 0.1) is 0 Å². The number of pyridine rings is 1. The molecule has 3 rings (SSSR count). The van der Waals surface area contributed by atoms with Crippen LogP contribution in [0.5, 0.6) is 0 Å². The highest BCUT2D eigenvalue weighted by Crippen LogP contribution is 2.34. The zero-order chi connectivity index (χ0) is 14.7. The molecular formula is C17H19N3O. The number of amides is 1. The molecule has 4 nitrogen and oxygen atoms in total. The number of carbonyl (C=O) groups excluding carboxylic acids is 1. The van der Waals surface area contributed by atoms with Crippen molar-refractivity contribution < 1.29 is 4.79 Å². The summed E-state index contributed by atoms with van der Waals surface area (Å²) in [6.07, 6.45) is 4.77. The summed E-state index contributed by atoms with van der Waals surface area (Å²) in [4.78, 5) is 18.9. The molecule has 1 saturated heterocycles. The Kier molecular flexibility index (Phi) is 3.86. The van der Waals surface area contributed by atoms with Gasteiger partial charge in [-0.3, -0.25) is 4.79 Å². The Morgan fingerprint density at radius 3 is 2.71 bits per heavy atom. The number of nitrogens with zero attached hydrogens (tertiary/aromatic N) is 2. The van der Waals surface area contributed by atoms with E-state index in [2.05, 4.69) is 4.98 Å². The predicted molar refractivity (Wildman–Crippen MR) is 82.7 cm³/mol. The van der Waals surface area contributed by atoms with Crippen LogP contribution in [0.1, 0.15) is 41.2 Å². The van der Waals surface area contributed by atoms with E-state index in [4.69, 9.17) is 5.73 Å². The van der Waals surface area contributed by atoms with Crippen molar-refractivity contribution in [3.63, 3.8) is 0 Å². The van der Waals surface area contributed by atoms with Crippen LogP contribution in [0.15, 0.2) is 48.7 Å². The molecule has 0 aliphatic carbocycles. The van der Waals surface area contributed by atoms with Gasteiger partial charge < -0.3 is 10.6 Å². The maximum absolute atomic E-state index is 12.8. The minimum Gasteiger partial charge on any atom is -0.383 e. The molecule has 1 unspecified atom stereocenters. The van der Waals surface area contributed by atoms with Crippen molar-refractivity contribution >= 4 is 11.7 Å². The van der Waals surface area contributed by atoms with Crippen molar-refractivity contribution in [2.45, 2.75) is 25.3 Å². The number of piperidine rings is 1. The van der Waals surface area contributed by atoms with Gasteiger partial charge in [0, 0.05) is 23.9 Å². The summed E-state index contributed by atoms with van der Waals surface area (Å²) in [6.45, 7) is 0.771. The first-order valence-corrected chi connectivity index (χ1v) is 7.34. The van der Waals surface area contributed by atoms with E-state index < -0.39 is 0 Å². The fourth-order valence-electron chi connectivity index (χ4n) is 2.96. The molecule has 1 aliphatic heterocycles. The smallest absolute Gasteiger partial charge is 0.254 e. The van der Waals surface area contributed by atoms with Crippen molar-refractivity contribution in [3.8, 4) is 0 Å². The van der Waals surface area contributed by atoms with E-state index in [9.17, 15) is 4.79 Å². The second kappa shape index (κ2) is 5.95. The lowest BCUT2D eigenvalue weighted by atomic mass is 9.94. The first kappa shape index (κ1) is 13.6. The molecule has 4 heteroatoms. The largest absolute Gasteiger partial charge is 0.383 e. The Hall–Kier alpha value is -2.36. The Balaban J connectivity index is 1.92. The summed E-state index contributed by atoms with van der Waals surface area (Å²) >= 11 is 0. The molecule has 1 amide bonds. The highest BCUT2D eigenvalue weighted by Gasteiger charge is 2.29. The van der Waals surface area contributed by atoms with Crippen LogP contribution in [0.25, 0.3) is 0 Å². The lowest BCUT2D eigenvalue weighted by Gasteiger charge is -2.36. The SMILES string of the molecule is Nc1ncccc1C1CCCCN1C(=O)c1ccccc1. The van der Waals surface area contributed by atoms with Gasteiger partial charge in [0.1, 0.15) is 5.82 Å². The van der Waals surface area contributed by atoms with Crippen LogP contribution < -0.4 is 5.73 Å². The molecule has 1 aromatic heterocycles. The van der Waals surface area contributed by atoms with Crippen molar-refractivity contribution in [1.29, 1.82) is 0 Å². The molecule has 2 N–H and O–H groups in total. The lowest BCUT2D eigenvalue weighted by Crippen LogP contribution is -2.38. The minimum absolute atomic E-state index is 0.0279. The zero-order valence-electron chi connectivity index (χ0n) is 11.9. The Bertz CT molecular complexity index is 627. The number of carbonyl (C=O) groups is 1. The number of aromatic nitrogens is 1. The number of nitrogens with two attached hydrogens (primary N) is 1. The van der Waals surface area contributed by atoms with Crippen molar-refractivity contribution in [2.24, 2.45) is 0 Å². The summed E-state index contributed by atoms with van der Waals surface area (Å²) in [7, 11) is 0. The van der Waals surface area contributed by atoms with Gasteiger partial charge in [0.25, 0.3) is 5.91 Å². The van der Waals surface area contributed by atoms with E-state index in [1.807, 2.05) is 47.4 Å². The molecule has 21 heavy (non-hydrogen) atoms. The number of hydrogen-bond donors (Lipinski definition) is 1. The summed E-state index contributed by atoms with van der Waals surface area (Å²) in [6, 6.07) is 13.3. The van der Waals surface area contributed by atoms with Crippen LogP contribution in [-0.4, -0.2) is 22.3 Å². The zero-order valence-corrected chi connectivity index (χ0v) is 11.9. The molecule has 0 spiro atoms. The van der Waals surface area contributed by atoms with E-state index in [0.29, 0.717) is 5.82 Å². The molecule has 0 bridgehead atoms. The number of likely N-dealkylation sites (tertiary alicyclic amines) is 1. The summed E-state index contributed by atoms with van der Waals surface area (Å²) < 4.78 is 0. The van der Waals surface area contributed by atoms with Crippen LogP contribution >= 0.6 is 0 Å². The Labute approximate surface area is 124 Å². The van der Waals surface area contributed by atoms with Crippen molar-refractivity contribution in [1.82, 2.24) is 9.88 Å². The molecule has 1 aliphatic rings. The van der Waals surface area contributed by atoms with Gasteiger partial charge in [-0.05, 0) is 37.5 Å². The van der Waals surface area contributed by atoms with Crippen LogP contribution in [-0.2, 0) is 0 Å². The fourth-order valence-corrected chi connectivity index (χ4v) is 2.96. The normalized spacial score (nSPS) is 18.5. The second-order valence-electron chi connectivity index (χ2n) is 5.35. The van der Waals surface area contributed by atoms with E-state index in [1.54, 1.807) is 6.20 Å². The van der Waals surface area contributed by atoms with Gasteiger partial charge in [-0.25, -0.2) is 4.98 Å². The molecular weight excluding hydrogens is 262 g/mol. The molecule has 2 aromatic rings.